The maximum absolute atomic E-state index is 12.5. The third-order valence-electron chi connectivity index (χ3n) is 3.79. The van der Waals surface area contributed by atoms with Crippen LogP contribution in [-0.4, -0.2) is 35.2 Å². The Morgan fingerprint density at radius 3 is 2.40 bits per heavy atom. The second-order valence-corrected chi connectivity index (χ2v) is 8.06. The van der Waals surface area contributed by atoms with E-state index in [-0.39, 0.29) is 11.8 Å². The van der Waals surface area contributed by atoms with Crippen molar-refractivity contribution in [2.24, 2.45) is 0 Å². The number of rotatable bonds is 7. The molecule has 1 saturated carbocycles. The summed E-state index contributed by atoms with van der Waals surface area (Å²) in [5.41, 5.74) is -0.0415. The monoisotopic (exact) mass is 297 g/mol. The minimum absolute atomic E-state index is 0.150. The summed E-state index contributed by atoms with van der Waals surface area (Å²) in [6, 6.07) is 9.53. The Morgan fingerprint density at radius 1 is 1.30 bits per heavy atom. The Kier molecular flexibility index (Phi) is 4.52. The Labute approximate surface area is 121 Å². The summed E-state index contributed by atoms with van der Waals surface area (Å²) in [7, 11) is -3.30. The van der Waals surface area contributed by atoms with Crippen molar-refractivity contribution in [1.29, 1.82) is 0 Å². The normalized spacial score (nSPS) is 19.0. The van der Waals surface area contributed by atoms with Crippen molar-refractivity contribution in [3.63, 3.8) is 0 Å². The zero-order valence-corrected chi connectivity index (χ0v) is 12.9. The Hall–Kier alpha value is -0.910. The number of hydrogen-bond donors (Lipinski definition) is 1. The van der Waals surface area contributed by atoms with E-state index in [9.17, 15) is 13.5 Å². The first-order valence-corrected chi connectivity index (χ1v) is 8.61. The average molecular weight is 297 g/mol. The first-order chi connectivity index (χ1) is 9.35. The van der Waals surface area contributed by atoms with Gasteiger partial charge in [0.15, 0.2) is 0 Å². The summed E-state index contributed by atoms with van der Waals surface area (Å²) in [6.07, 6.45) is 2.00. The molecular weight excluding hydrogens is 274 g/mol. The molecule has 4 nitrogen and oxygen atoms in total. The van der Waals surface area contributed by atoms with Crippen LogP contribution in [-0.2, 0) is 16.6 Å². The van der Waals surface area contributed by atoms with E-state index in [4.69, 9.17) is 0 Å². The van der Waals surface area contributed by atoms with Crippen LogP contribution < -0.4 is 0 Å². The molecule has 1 fully saturated rings. The number of benzene rings is 1. The van der Waals surface area contributed by atoms with Gasteiger partial charge in [-0.1, -0.05) is 37.3 Å². The van der Waals surface area contributed by atoms with E-state index in [0.717, 1.165) is 18.4 Å². The van der Waals surface area contributed by atoms with E-state index < -0.39 is 15.6 Å². The van der Waals surface area contributed by atoms with Gasteiger partial charge in [-0.05, 0) is 31.7 Å². The lowest BCUT2D eigenvalue weighted by molar-refractivity contribution is 0.0355. The highest BCUT2D eigenvalue weighted by Crippen LogP contribution is 2.32. The largest absolute Gasteiger partial charge is 0.389 e. The summed E-state index contributed by atoms with van der Waals surface area (Å²) in [5.74, 6) is 0. The fourth-order valence-electron chi connectivity index (χ4n) is 2.09. The van der Waals surface area contributed by atoms with Crippen molar-refractivity contribution in [2.75, 3.05) is 6.54 Å². The summed E-state index contributed by atoms with van der Waals surface area (Å²) >= 11 is 0. The van der Waals surface area contributed by atoms with E-state index in [1.165, 1.54) is 4.31 Å². The minimum Gasteiger partial charge on any atom is -0.389 e. The molecule has 0 saturated heterocycles. The van der Waals surface area contributed by atoms with Crippen LogP contribution in [0.2, 0.25) is 0 Å². The molecule has 0 unspecified atom stereocenters. The lowest BCUT2D eigenvalue weighted by Gasteiger charge is -2.30. The first-order valence-electron chi connectivity index (χ1n) is 7.10. The van der Waals surface area contributed by atoms with Crippen molar-refractivity contribution < 1.29 is 13.5 Å². The zero-order chi connectivity index (χ0) is 14.8. The number of aliphatic hydroxyl groups is 1. The molecule has 1 aliphatic rings. The second kappa shape index (κ2) is 5.84. The van der Waals surface area contributed by atoms with E-state index in [1.807, 2.05) is 37.3 Å². The molecule has 0 aromatic heterocycles. The molecule has 0 bridgehead atoms. The molecule has 1 aromatic rings. The van der Waals surface area contributed by atoms with E-state index in [2.05, 4.69) is 0 Å². The summed E-state index contributed by atoms with van der Waals surface area (Å²) in [4.78, 5) is 0. The van der Waals surface area contributed by atoms with E-state index >= 15 is 0 Å². The van der Waals surface area contributed by atoms with Gasteiger partial charge in [0.1, 0.15) is 0 Å². The molecule has 1 aromatic carbocycles. The molecule has 1 atom stereocenters. The van der Waals surface area contributed by atoms with Crippen molar-refractivity contribution in [3.8, 4) is 0 Å². The molecule has 20 heavy (non-hydrogen) atoms. The quantitative estimate of drug-likeness (QED) is 0.839. The molecule has 1 aliphatic carbocycles. The van der Waals surface area contributed by atoms with Gasteiger partial charge in [-0.3, -0.25) is 0 Å². The predicted octanol–water partition coefficient (Wildman–Crippen LogP) is 2.14. The summed E-state index contributed by atoms with van der Waals surface area (Å²) in [6.45, 7) is 4.03. The Morgan fingerprint density at radius 2 is 1.90 bits per heavy atom. The molecule has 1 N–H and O–H groups in total. The molecule has 0 heterocycles. The van der Waals surface area contributed by atoms with Crippen molar-refractivity contribution in [2.45, 2.75) is 50.5 Å². The topological polar surface area (TPSA) is 57.6 Å². The van der Waals surface area contributed by atoms with Gasteiger partial charge >= 0.3 is 0 Å². The standard InChI is InChI=1S/C15H23NO3S/c1-3-15(2,17)12-16(20(18,19)14-9-10-14)11-13-7-5-4-6-8-13/h4-8,14,17H,3,9-12H2,1-2H3/t15-/m1/s1. The lowest BCUT2D eigenvalue weighted by Crippen LogP contribution is -2.44. The van der Waals surface area contributed by atoms with Gasteiger partial charge in [-0.2, -0.15) is 4.31 Å². The molecule has 112 valence electrons. The molecule has 2 rings (SSSR count). The van der Waals surface area contributed by atoms with E-state index in [1.54, 1.807) is 6.92 Å². The van der Waals surface area contributed by atoms with Gasteiger partial charge < -0.3 is 5.11 Å². The van der Waals surface area contributed by atoms with Crippen LogP contribution in [0.15, 0.2) is 30.3 Å². The predicted molar refractivity (Wildman–Crippen MR) is 79.7 cm³/mol. The van der Waals surface area contributed by atoms with Crippen molar-refractivity contribution in [3.05, 3.63) is 35.9 Å². The minimum atomic E-state index is -3.30. The SMILES string of the molecule is CC[C@@](C)(O)CN(Cc1ccccc1)S(=O)(=O)C1CC1. The second-order valence-electron chi connectivity index (χ2n) is 5.85. The van der Waals surface area contributed by atoms with Gasteiger partial charge in [0.05, 0.1) is 10.9 Å². The third-order valence-corrected chi connectivity index (χ3v) is 6.08. The molecule has 0 radical (unpaired) electrons. The van der Waals surface area contributed by atoms with Gasteiger partial charge in [0.2, 0.25) is 10.0 Å². The maximum Gasteiger partial charge on any atom is 0.217 e. The molecule has 5 heteroatoms. The first kappa shape index (κ1) is 15.5. The van der Waals surface area contributed by atoms with Crippen molar-refractivity contribution >= 4 is 10.0 Å². The van der Waals surface area contributed by atoms with Crippen LogP contribution in [0.4, 0.5) is 0 Å². The number of hydrogen-bond acceptors (Lipinski definition) is 3. The number of nitrogens with zero attached hydrogens (tertiary/aromatic N) is 1. The smallest absolute Gasteiger partial charge is 0.217 e. The zero-order valence-electron chi connectivity index (χ0n) is 12.1. The highest BCUT2D eigenvalue weighted by Gasteiger charge is 2.41. The average Bonchev–Trinajstić information content (AvgIpc) is 3.23. The molecule has 0 spiro atoms. The fraction of sp³-hybridized carbons (Fsp3) is 0.600. The Balaban J connectivity index is 2.20. The summed E-state index contributed by atoms with van der Waals surface area (Å²) < 4.78 is 26.5. The van der Waals surface area contributed by atoms with Crippen LogP contribution in [0.5, 0.6) is 0 Å². The van der Waals surface area contributed by atoms with Gasteiger partial charge in [-0.25, -0.2) is 8.42 Å². The third kappa shape index (κ3) is 3.81. The van der Waals surface area contributed by atoms with Crippen LogP contribution >= 0.6 is 0 Å². The fourth-order valence-corrected chi connectivity index (χ4v) is 4.03. The van der Waals surface area contributed by atoms with Gasteiger partial charge in [0.25, 0.3) is 0 Å². The number of sulfonamides is 1. The molecule has 0 aliphatic heterocycles. The summed E-state index contributed by atoms with van der Waals surface area (Å²) in [5, 5.41) is 9.98. The van der Waals surface area contributed by atoms with Crippen LogP contribution in [0.1, 0.15) is 38.7 Å². The highest BCUT2D eigenvalue weighted by atomic mass is 32.2. The molecule has 0 amide bonds. The van der Waals surface area contributed by atoms with Gasteiger partial charge in [-0.15, -0.1) is 0 Å². The highest BCUT2D eigenvalue weighted by molar-refractivity contribution is 7.90. The Bertz CT molecular complexity index is 535. The lowest BCUT2D eigenvalue weighted by atomic mass is 10.0. The van der Waals surface area contributed by atoms with Crippen LogP contribution in [0, 0.1) is 0 Å². The van der Waals surface area contributed by atoms with Crippen molar-refractivity contribution in [1.82, 2.24) is 4.31 Å². The van der Waals surface area contributed by atoms with Crippen LogP contribution in [0.3, 0.4) is 0 Å². The maximum atomic E-state index is 12.5. The van der Waals surface area contributed by atoms with Crippen LogP contribution in [0.25, 0.3) is 0 Å². The van der Waals surface area contributed by atoms with Gasteiger partial charge in [0, 0.05) is 13.1 Å². The van der Waals surface area contributed by atoms with E-state index in [0.29, 0.717) is 13.0 Å². The molecular formula is C15H23NO3S.